The third-order valence-corrected chi connectivity index (χ3v) is 4.23. The second-order valence-corrected chi connectivity index (χ2v) is 6.51. The predicted octanol–water partition coefficient (Wildman–Crippen LogP) is 2.15. The number of likely N-dealkylation sites (tertiary alicyclic amines) is 2. The summed E-state index contributed by atoms with van der Waals surface area (Å²) in [4.78, 5) is 4.83. The molecule has 0 radical (unpaired) electrons. The van der Waals surface area contributed by atoms with Crippen molar-refractivity contribution in [2.24, 2.45) is 5.92 Å². The molecule has 2 fully saturated rings. The first-order chi connectivity index (χ1) is 7.38. The number of hydrogen-bond acceptors (Lipinski definition) is 2. The lowest BCUT2D eigenvalue weighted by Gasteiger charge is -2.53. The molecule has 0 bridgehead atoms. The summed E-state index contributed by atoms with van der Waals surface area (Å²) < 4.78 is 13.6. The van der Waals surface area contributed by atoms with Crippen molar-refractivity contribution in [1.82, 2.24) is 9.80 Å². The summed E-state index contributed by atoms with van der Waals surface area (Å²) in [5.41, 5.74) is 0.273. The largest absolute Gasteiger partial charge is 0.295 e. The van der Waals surface area contributed by atoms with Crippen LogP contribution in [0.1, 0.15) is 34.1 Å². The lowest BCUT2D eigenvalue weighted by Crippen LogP contribution is -2.66. The smallest absolute Gasteiger partial charge is 0.115 e. The highest BCUT2D eigenvalue weighted by molar-refractivity contribution is 4.96. The van der Waals surface area contributed by atoms with Gasteiger partial charge in [-0.1, -0.05) is 6.92 Å². The van der Waals surface area contributed by atoms with Crippen molar-refractivity contribution in [3.05, 3.63) is 0 Å². The standard InChI is InChI=1S/C13H25FN2/c1-10-5-6-15(9-12(10)14)11-7-16(8-11)13(2,3)4/h10-12H,5-9H2,1-4H3/t10-,12+/m0/s1. The molecule has 2 rings (SSSR count). The molecule has 3 heteroatoms. The molecule has 2 nitrogen and oxygen atoms in total. The molecule has 0 aromatic carbocycles. The lowest BCUT2D eigenvalue weighted by molar-refractivity contribution is -0.0469. The Balaban J connectivity index is 1.80. The molecular formula is C13H25FN2. The summed E-state index contributed by atoms with van der Waals surface area (Å²) in [5.74, 6) is 0.259. The van der Waals surface area contributed by atoms with Gasteiger partial charge in [-0.2, -0.15) is 0 Å². The molecule has 2 atom stereocenters. The van der Waals surface area contributed by atoms with Crippen molar-refractivity contribution >= 4 is 0 Å². The Morgan fingerprint density at radius 3 is 2.25 bits per heavy atom. The number of nitrogens with zero attached hydrogens (tertiary/aromatic N) is 2. The molecule has 2 aliphatic heterocycles. The zero-order chi connectivity index (χ0) is 11.9. The Labute approximate surface area is 98.8 Å². The molecule has 0 saturated carbocycles. The Kier molecular flexibility index (Phi) is 3.28. The highest BCUT2D eigenvalue weighted by Gasteiger charge is 2.39. The first-order valence-electron chi connectivity index (χ1n) is 6.51. The normalized spacial score (nSPS) is 35.1. The zero-order valence-corrected chi connectivity index (χ0v) is 11.0. The van der Waals surface area contributed by atoms with Crippen LogP contribution in [-0.4, -0.2) is 53.7 Å². The van der Waals surface area contributed by atoms with Gasteiger partial charge in [-0.15, -0.1) is 0 Å². The van der Waals surface area contributed by atoms with E-state index in [1.54, 1.807) is 0 Å². The van der Waals surface area contributed by atoms with Gasteiger partial charge in [0.05, 0.1) is 0 Å². The van der Waals surface area contributed by atoms with Crippen LogP contribution in [0.25, 0.3) is 0 Å². The molecule has 0 aliphatic carbocycles. The van der Waals surface area contributed by atoms with E-state index in [1.165, 1.54) is 0 Å². The van der Waals surface area contributed by atoms with Crippen LogP contribution in [0.4, 0.5) is 4.39 Å². The summed E-state index contributed by atoms with van der Waals surface area (Å²) in [6.45, 7) is 12.8. The van der Waals surface area contributed by atoms with Crippen molar-refractivity contribution in [2.45, 2.75) is 51.9 Å². The predicted molar refractivity (Wildman–Crippen MR) is 65.4 cm³/mol. The summed E-state index contributed by atoms with van der Waals surface area (Å²) in [7, 11) is 0. The van der Waals surface area contributed by atoms with E-state index < -0.39 is 6.17 Å². The zero-order valence-electron chi connectivity index (χ0n) is 11.0. The van der Waals surface area contributed by atoms with Crippen LogP contribution < -0.4 is 0 Å². The number of rotatable bonds is 1. The number of halogens is 1. The fourth-order valence-electron chi connectivity index (χ4n) is 2.61. The molecule has 0 unspecified atom stereocenters. The molecule has 16 heavy (non-hydrogen) atoms. The van der Waals surface area contributed by atoms with Crippen LogP contribution in [-0.2, 0) is 0 Å². The van der Waals surface area contributed by atoms with E-state index in [-0.39, 0.29) is 11.5 Å². The Morgan fingerprint density at radius 1 is 1.12 bits per heavy atom. The van der Waals surface area contributed by atoms with Crippen LogP contribution in [0.5, 0.6) is 0 Å². The van der Waals surface area contributed by atoms with Gasteiger partial charge < -0.3 is 0 Å². The molecular weight excluding hydrogens is 203 g/mol. The highest BCUT2D eigenvalue weighted by Crippen LogP contribution is 2.28. The Hall–Kier alpha value is -0.150. The monoisotopic (exact) mass is 228 g/mol. The van der Waals surface area contributed by atoms with Gasteiger partial charge in [0.2, 0.25) is 0 Å². The molecule has 0 aromatic rings. The van der Waals surface area contributed by atoms with Gasteiger partial charge in [0.15, 0.2) is 0 Å². The van der Waals surface area contributed by atoms with Gasteiger partial charge in [0.1, 0.15) is 6.17 Å². The molecule has 0 N–H and O–H groups in total. The molecule has 0 amide bonds. The van der Waals surface area contributed by atoms with E-state index in [2.05, 4.69) is 30.6 Å². The summed E-state index contributed by atoms with van der Waals surface area (Å²) >= 11 is 0. The second-order valence-electron chi connectivity index (χ2n) is 6.51. The van der Waals surface area contributed by atoms with Crippen LogP contribution in [0, 0.1) is 5.92 Å². The highest BCUT2D eigenvalue weighted by atomic mass is 19.1. The van der Waals surface area contributed by atoms with E-state index in [4.69, 9.17) is 0 Å². The molecule has 94 valence electrons. The Morgan fingerprint density at radius 2 is 1.75 bits per heavy atom. The van der Waals surface area contributed by atoms with Gasteiger partial charge in [-0.05, 0) is 39.7 Å². The molecule has 2 saturated heterocycles. The maximum Gasteiger partial charge on any atom is 0.115 e. The topological polar surface area (TPSA) is 6.48 Å². The molecule has 2 heterocycles. The van der Waals surface area contributed by atoms with E-state index in [9.17, 15) is 4.39 Å². The van der Waals surface area contributed by atoms with Crippen LogP contribution in [0.3, 0.4) is 0 Å². The molecule has 0 spiro atoms. The quantitative estimate of drug-likeness (QED) is 0.678. The minimum Gasteiger partial charge on any atom is -0.295 e. The Bertz CT molecular complexity index is 243. The number of piperidine rings is 1. The minimum atomic E-state index is -0.613. The van der Waals surface area contributed by atoms with E-state index in [0.29, 0.717) is 12.6 Å². The van der Waals surface area contributed by atoms with Crippen LogP contribution in [0.2, 0.25) is 0 Å². The fraction of sp³-hybridized carbons (Fsp3) is 1.00. The van der Waals surface area contributed by atoms with Crippen LogP contribution >= 0.6 is 0 Å². The van der Waals surface area contributed by atoms with Gasteiger partial charge in [-0.3, -0.25) is 9.80 Å². The van der Waals surface area contributed by atoms with Crippen molar-refractivity contribution in [3.63, 3.8) is 0 Å². The minimum absolute atomic E-state index is 0.259. The van der Waals surface area contributed by atoms with E-state index in [1.807, 2.05) is 6.92 Å². The third-order valence-electron chi connectivity index (χ3n) is 4.23. The average Bonchev–Trinajstić information content (AvgIpc) is 2.06. The van der Waals surface area contributed by atoms with Gasteiger partial charge >= 0.3 is 0 Å². The van der Waals surface area contributed by atoms with Crippen LogP contribution in [0.15, 0.2) is 0 Å². The van der Waals surface area contributed by atoms with Crippen molar-refractivity contribution in [3.8, 4) is 0 Å². The summed E-state index contributed by atoms with van der Waals surface area (Å²) in [5, 5.41) is 0. The van der Waals surface area contributed by atoms with Gasteiger partial charge in [0, 0.05) is 31.2 Å². The van der Waals surface area contributed by atoms with Gasteiger partial charge in [0.25, 0.3) is 0 Å². The van der Waals surface area contributed by atoms with E-state index >= 15 is 0 Å². The fourth-order valence-corrected chi connectivity index (χ4v) is 2.61. The maximum absolute atomic E-state index is 13.6. The third kappa shape index (κ3) is 2.40. The summed E-state index contributed by atoms with van der Waals surface area (Å²) in [6.07, 6.45) is 0.408. The maximum atomic E-state index is 13.6. The van der Waals surface area contributed by atoms with Crippen molar-refractivity contribution < 1.29 is 4.39 Å². The molecule has 0 aromatic heterocycles. The first-order valence-corrected chi connectivity index (χ1v) is 6.51. The number of alkyl halides is 1. The number of hydrogen-bond donors (Lipinski definition) is 0. The van der Waals surface area contributed by atoms with Crippen molar-refractivity contribution in [1.29, 1.82) is 0 Å². The summed E-state index contributed by atoms with van der Waals surface area (Å²) in [6, 6.07) is 0.602. The van der Waals surface area contributed by atoms with Crippen molar-refractivity contribution in [2.75, 3.05) is 26.2 Å². The molecule has 2 aliphatic rings. The average molecular weight is 228 g/mol. The SMILES string of the molecule is C[C@H]1CCN(C2CN(C(C)(C)C)C2)C[C@H]1F. The van der Waals surface area contributed by atoms with Gasteiger partial charge in [-0.25, -0.2) is 4.39 Å². The second kappa shape index (κ2) is 4.26. The van der Waals surface area contributed by atoms with E-state index in [0.717, 1.165) is 26.1 Å². The lowest BCUT2D eigenvalue weighted by atomic mass is 9.92. The first kappa shape index (κ1) is 12.3.